The third-order valence-corrected chi connectivity index (χ3v) is 1.95. The Morgan fingerprint density at radius 1 is 1.42 bits per heavy atom. The largest absolute Gasteiger partial charge is 0.338 e. The average Bonchev–Trinajstić information content (AvgIpc) is 2.58. The Bertz CT molecular complexity index is 230. The van der Waals surface area contributed by atoms with Gasteiger partial charge in [-0.1, -0.05) is 0 Å². The smallest absolute Gasteiger partial charge is 0.336 e. The van der Waals surface area contributed by atoms with Crippen molar-refractivity contribution >= 4 is 12.1 Å². The van der Waals surface area contributed by atoms with Gasteiger partial charge in [-0.15, -0.1) is 0 Å². The molecule has 0 bridgehead atoms. The van der Waals surface area contributed by atoms with Gasteiger partial charge in [0, 0.05) is 13.1 Å². The Balaban J connectivity index is 2.00. The first kappa shape index (κ1) is 7.20. The number of rotatable bonds is 1. The van der Waals surface area contributed by atoms with E-state index in [-0.39, 0.29) is 18.2 Å². The molecular weight excluding hydrogens is 160 g/mol. The lowest BCUT2D eigenvalue weighted by Gasteiger charge is -2.18. The molecule has 1 radical (unpaired) electrons. The summed E-state index contributed by atoms with van der Waals surface area (Å²) in [6, 6.07) is -0.472. The molecule has 0 aliphatic carbocycles. The number of urea groups is 2. The van der Waals surface area contributed by atoms with E-state index in [1.54, 1.807) is 4.90 Å². The third-order valence-electron chi connectivity index (χ3n) is 1.95. The van der Waals surface area contributed by atoms with Crippen LogP contribution in [-0.4, -0.2) is 42.8 Å². The van der Waals surface area contributed by atoms with E-state index in [1.807, 2.05) is 0 Å². The molecule has 1 atom stereocenters. The lowest BCUT2D eigenvalue weighted by Crippen LogP contribution is -2.43. The van der Waals surface area contributed by atoms with E-state index in [2.05, 4.69) is 16.0 Å². The summed E-state index contributed by atoms with van der Waals surface area (Å²) in [6.45, 7) is 1.70. The molecule has 2 aliphatic rings. The van der Waals surface area contributed by atoms with Crippen molar-refractivity contribution in [3.63, 3.8) is 0 Å². The Hall–Kier alpha value is -1.46. The molecule has 0 aromatic heterocycles. The molecule has 1 unspecified atom stereocenters. The SMILES string of the molecule is O=C1[N]C(N2CCNC2=O)CN1. The number of amides is 4. The number of hydrogen-bond donors (Lipinski definition) is 2. The van der Waals surface area contributed by atoms with Crippen molar-refractivity contribution in [1.82, 2.24) is 20.9 Å². The van der Waals surface area contributed by atoms with Crippen molar-refractivity contribution in [3.8, 4) is 0 Å². The average molecular weight is 169 g/mol. The highest BCUT2D eigenvalue weighted by Gasteiger charge is 2.33. The van der Waals surface area contributed by atoms with Crippen molar-refractivity contribution in [2.45, 2.75) is 6.17 Å². The summed E-state index contributed by atoms with van der Waals surface area (Å²) in [5, 5.41) is 8.92. The first-order chi connectivity index (χ1) is 5.77. The van der Waals surface area contributed by atoms with E-state index < -0.39 is 0 Å². The number of carbonyl (C=O) groups excluding carboxylic acids is 2. The second kappa shape index (κ2) is 2.54. The number of hydrogen-bond acceptors (Lipinski definition) is 2. The number of carbonyl (C=O) groups is 2. The van der Waals surface area contributed by atoms with Gasteiger partial charge in [0.15, 0.2) is 0 Å². The van der Waals surface area contributed by atoms with Gasteiger partial charge in [0.25, 0.3) is 0 Å². The molecule has 0 aromatic rings. The van der Waals surface area contributed by atoms with E-state index in [0.717, 1.165) is 0 Å². The molecule has 0 saturated carbocycles. The van der Waals surface area contributed by atoms with Crippen LogP contribution in [0.2, 0.25) is 0 Å². The molecule has 12 heavy (non-hydrogen) atoms. The second-order valence-corrected chi connectivity index (χ2v) is 2.72. The highest BCUT2D eigenvalue weighted by molar-refractivity contribution is 5.80. The molecule has 2 fully saturated rings. The summed E-state index contributed by atoms with van der Waals surface area (Å²) in [5.74, 6) is 0. The normalized spacial score (nSPS) is 28.3. The van der Waals surface area contributed by atoms with Crippen LogP contribution >= 0.6 is 0 Å². The van der Waals surface area contributed by atoms with E-state index in [9.17, 15) is 9.59 Å². The van der Waals surface area contributed by atoms with Crippen LogP contribution in [0.15, 0.2) is 0 Å². The van der Waals surface area contributed by atoms with Gasteiger partial charge in [-0.05, 0) is 0 Å². The molecular formula is C6H9N4O2. The fourth-order valence-corrected chi connectivity index (χ4v) is 1.36. The minimum atomic E-state index is -0.334. The zero-order valence-corrected chi connectivity index (χ0v) is 6.41. The minimum absolute atomic E-state index is 0.139. The van der Waals surface area contributed by atoms with E-state index in [1.165, 1.54) is 0 Å². The Kier molecular flexibility index (Phi) is 1.53. The Morgan fingerprint density at radius 3 is 2.75 bits per heavy atom. The molecule has 0 spiro atoms. The zero-order chi connectivity index (χ0) is 8.55. The van der Waals surface area contributed by atoms with Crippen molar-refractivity contribution in [2.75, 3.05) is 19.6 Å². The Morgan fingerprint density at radius 2 is 2.25 bits per heavy atom. The predicted octanol–water partition coefficient (Wildman–Crippen LogP) is -1.33. The minimum Gasteiger partial charge on any atom is -0.336 e. The lowest BCUT2D eigenvalue weighted by molar-refractivity contribution is 0.194. The highest BCUT2D eigenvalue weighted by Crippen LogP contribution is 2.05. The summed E-state index contributed by atoms with van der Waals surface area (Å²) in [6.07, 6.45) is -0.306. The van der Waals surface area contributed by atoms with Crippen LogP contribution in [0.4, 0.5) is 9.59 Å². The van der Waals surface area contributed by atoms with Gasteiger partial charge < -0.3 is 10.6 Å². The molecule has 2 aliphatic heterocycles. The van der Waals surface area contributed by atoms with E-state index >= 15 is 0 Å². The molecule has 2 heterocycles. The van der Waals surface area contributed by atoms with Crippen molar-refractivity contribution in [2.24, 2.45) is 0 Å². The van der Waals surface area contributed by atoms with Crippen LogP contribution < -0.4 is 16.0 Å². The molecule has 2 saturated heterocycles. The molecule has 0 aromatic carbocycles. The maximum absolute atomic E-state index is 11.1. The number of nitrogens with one attached hydrogen (secondary N) is 2. The summed E-state index contributed by atoms with van der Waals surface area (Å²) in [4.78, 5) is 23.3. The maximum Gasteiger partial charge on any atom is 0.338 e. The monoisotopic (exact) mass is 169 g/mol. The van der Waals surface area contributed by atoms with E-state index in [4.69, 9.17) is 0 Å². The standard InChI is InChI=1S/C6H9N4O2/c11-5-8-3-4(9-5)10-2-1-7-6(10)12/h4H,1-3H2,(H,7,12)(H,8,11). The molecule has 4 amide bonds. The van der Waals surface area contributed by atoms with Gasteiger partial charge in [0.05, 0.1) is 6.54 Å². The van der Waals surface area contributed by atoms with E-state index in [0.29, 0.717) is 19.6 Å². The summed E-state index contributed by atoms with van der Waals surface area (Å²) in [5.41, 5.74) is 0. The topological polar surface area (TPSA) is 75.5 Å². The maximum atomic E-state index is 11.1. The van der Waals surface area contributed by atoms with Crippen LogP contribution in [0.5, 0.6) is 0 Å². The fourth-order valence-electron chi connectivity index (χ4n) is 1.36. The summed E-state index contributed by atoms with van der Waals surface area (Å²) in [7, 11) is 0. The van der Waals surface area contributed by atoms with Gasteiger partial charge in [-0.2, -0.15) is 0 Å². The molecule has 2 rings (SSSR count). The molecule has 6 nitrogen and oxygen atoms in total. The van der Waals surface area contributed by atoms with Gasteiger partial charge in [0.1, 0.15) is 6.17 Å². The molecule has 2 N–H and O–H groups in total. The first-order valence-electron chi connectivity index (χ1n) is 3.80. The molecule has 65 valence electrons. The number of nitrogens with zero attached hydrogens (tertiary/aromatic N) is 2. The van der Waals surface area contributed by atoms with Crippen molar-refractivity contribution < 1.29 is 9.59 Å². The summed E-state index contributed by atoms with van der Waals surface area (Å²) < 4.78 is 0. The fraction of sp³-hybridized carbons (Fsp3) is 0.667. The predicted molar refractivity (Wildman–Crippen MR) is 39.4 cm³/mol. The van der Waals surface area contributed by atoms with Gasteiger partial charge in [-0.3, -0.25) is 4.90 Å². The molecule has 6 heteroatoms. The van der Waals surface area contributed by atoms with Crippen LogP contribution in [-0.2, 0) is 0 Å². The van der Waals surface area contributed by atoms with Gasteiger partial charge in [-0.25, -0.2) is 14.9 Å². The zero-order valence-electron chi connectivity index (χ0n) is 6.41. The van der Waals surface area contributed by atoms with Crippen LogP contribution in [0.25, 0.3) is 0 Å². The quantitative estimate of drug-likeness (QED) is 0.510. The van der Waals surface area contributed by atoms with Crippen LogP contribution in [0.3, 0.4) is 0 Å². The lowest BCUT2D eigenvalue weighted by atomic mass is 10.4. The van der Waals surface area contributed by atoms with Crippen LogP contribution in [0.1, 0.15) is 0 Å². The van der Waals surface area contributed by atoms with Crippen LogP contribution in [0, 0.1) is 0 Å². The van der Waals surface area contributed by atoms with Crippen molar-refractivity contribution in [3.05, 3.63) is 0 Å². The second-order valence-electron chi connectivity index (χ2n) is 2.72. The highest BCUT2D eigenvalue weighted by atomic mass is 16.2. The van der Waals surface area contributed by atoms with Gasteiger partial charge >= 0.3 is 12.1 Å². The van der Waals surface area contributed by atoms with Gasteiger partial charge in [0.2, 0.25) is 0 Å². The van der Waals surface area contributed by atoms with Crippen molar-refractivity contribution in [1.29, 1.82) is 0 Å². The first-order valence-corrected chi connectivity index (χ1v) is 3.80. The third kappa shape index (κ3) is 1.05. The Labute approximate surface area is 69.3 Å². The summed E-state index contributed by atoms with van der Waals surface area (Å²) >= 11 is 0.